The van der Waals surface area contributed by atoms with Crippen molar-refractivity contribution >= 4 is 27.3 Å². The van der Waals surface area contributed by atoms with Gasteiger partial charge in [0.15, 0.2) is 11.6 Å². The Hall–Kier alpha value is -2.39. The van der Waals surface area contributed by atoms with Gasteiger partial charge in [0, 0.05) is 7.05 Å². The van der Waals surface area contributed by atoms with Gasteiger partial charge in [-0.15, -0.1) is 4.83 Å². The van der Waals surface area contributed by atoms with Crippen molar-refractivity contribution in [3.8, 4) is 0 Å². The average molecular weight is 308 g/mol. The molecule has 8 nitrogen and oxygen atoms in total. The van der Waals surface area contributed by atoms with Crippen molar-refractivity contribution in [2.45, 2.75) is 11.8 Å². The largest absolute Gasteiger partial charge is 0.393 e. The first-order chi connectivity index (χ1) is 9.94. The van der Waals surface area contributed by atoms with Crippen molar-refractivity contribution in [3.05, 3.63) is 36.2 Å². The molecule has 1 heterocycles. The molecule has 2 aromatic rings. The van der Waals surface area contributed by atoms with E-state index in [4.69, 9.17) is 5.73 Å². The first-order valence-corrected chi connectivity index (χ1v) is 7.55. The lowest BCUT2D eigenvalue weighted by atomic mass is 10.2. The third kappa shape index (κ3) is 3.38. The van der Waals surface area contributed by atoms with E-state index in [1.165, 1.54) is 18.5 Å². The summed E-state index contributed by atoms with van der Waals surface area (Å²) < 4.78 is 24.2. The van der Waals surface area contributed by atoms with E-state index in [1.54, 1.807) is 19.2 Å². The first-order valence-electron chi connectivity index (χ1n) is 6.07. The molecule has 0 fully saturated rings. The summed E-state index contributed by atoms with van der Waals surface area (Å²) in [5.74, 6) is 0.576. The van der Waals surface area contributed by atoms with E-state index in [-0.39, 0.29) is 16.4 Å². The van der Waals surface area contributed by atoms with Gasteiger partial charge in [-0.05, 0) is 19.1 Å². The van der Waals surface area contributed by atoms with E-state index in [2.05, 4.69) is 25.5 Å². The lowest BCUT2D eigenvalue weighted by molar-refractivity contribution is 0.587. The van der Waals surface area contributed by atoms with Crippen molar-refractivity contribution < 1.29 is 8.42 Å². The quantitative estimate of drug-likeness (QED) is 0.600. The van der Waals surface area contributed by atoms with Crippen LogP contribution in [-0.2, 0) is 10.0 Å². The maximum atomic E-state index is 12.1. The van der Waals surface area contributed by atoms with Crippen LogP contribution in [0.15, 0.2) is 35.5 Å². The van der Waals surface area contributed by atoms with E-state index in [0.29, 0.717) is 5.82 Å². The van der Waals surface area contributed by atoms with Crippen LogP contribution in [-0.4, -0.2) is 25.4 Å². The predicted molar refractivity (Wildman–Crippen MR) is 81.1 cm³/mol. The molecule has 112 valence electrons. The summed E-state index contributed by atoms with van der Waals surface area (Å²) in [6, 6.07) is 6.46. The van der Waals surface area contributed by atoms with Gasteiger partial charge >= 0.3 is 0 Å². The zero-order valence-corrected chi connectivity index (χ0v) is 12.4. The van der Waals surface area contributed by atoms with Crippen molar-refractivity contribution in [1.29, 1.82) is 0 Å². The van der Waals surface area contributed by atoms with E-state index in [9.17, 15) is 8.42 Å². The van der Waals surface area contributed by atoms with Gasteiger partial charge < -0.3 is 11.1 Å². The summed E-state index contributed by atoms with van der Waals surface area (Å²) in [4.78, 5) is 10.2. The number of hydrogen-bond acceptors (Lipinski definition) is 7. The van der Waals surface area contributed by atoms with Crippen LogP contribution in [0.4, 0.5) is 17.3 Å². The normalized spacial score (nSPS) is 11.1. The fraction of sp³-hybridized carbons (Fsp3) is 0.167. The molecule has 2 rings (SSSR count). The van der Waals surface area contributed by atoms with E-state index in [1.807, 2.05) is 6.92 Å². The average Bonchev–Trinajstić information content (AvgIpc) is 2.47. The molecular weight excluding hydrogens is 292 g/mol. The third-order valence-corrected chi connectivity index (χ3v) is 4.02. The van der Waals surface area contributed by atoms with Gasteiger partial charge in [-0.3, -0.25) is 5.43 Å². The van der Waals surface area contributed by atoms with E-state index in [0.717, 1.165) is 5.56 Å². The molecule has 0 aliphatic heterocycles. The topological polar surface area (TPSA) is 122 Å². The van der Waals surface area contributed by atoms with Crippen LogP contribution in [0.1, 0.15) is 5.56 Å². The van der Waals surface area contributed by atoms with Gasteiger partial charge in [-0.2, -0.15) is 0 Å². The molecule has 0 radical (unpaired) electrons. The minimum absolute atomic E-state index is 0.141. The lowest BCUT2D eigenvalue weighted by Crippen LogP contribution is -2.30. The monoisotopic (exact) mass is 308 g/mol. The minimum atomic E-state index is -3.71. The van der Waals surface area contributed by atoms with Crippen LogP contribution in [0.3, 0.4) is 0 Å². The van der Waals surface area contributed by atoms with Crippen LogP contribution in [0.5, 0.6) is 0 Å². The Bertz CT molecular complexity index is 730. The maximum Gasteiger partial charge on any atom is 0.257 e. The molecule has 21 heavy (non-hydrogen) atoms. The molecule has 0 bridgehead atoms. The van der Waals surface area contributed by atoms with E-state index >= 15 is 0 Å². The second-order valence-electron chi connectivity index (χ2n) is 4.28. The van der Waals surface area contributed by atoms with Crippen molar-refractivity contribution in [1.82, 2.24) is 14.8 Å². The summed E-state index contributed by atoms with van der Waals surface area (Å²) in [5, 5.41) is 2.78. The van der Waals surface area contributed by atoms with Gasteiger partial charge in [-0.1, -0.05) is 17.7 Å². The molecule has 0 unspecified atom stereocenters. The molecule has 1 aromatic heterocycles. The van der Waals surface area contributed by atoms with Crippen LogP contribution >= 0.6 is 0 Å². The maximum absolute atomic E-state index is 12.1. The number of nitrogens with two attached hydrogens (primary N) is 1. The number of aromatic nitrogens is 2. The SMILES string of the molecule is CNc1ncnc(NNS(=O)(=O)c2ccc(C)cc2)c1N. The van der Waals surface area contributed by atoms with Gasteiger partial charge in [-0.25, -0.2) is 18.4 Å². The van der Waals surface area contributed by atoms with Crippen LogP contribution in [0.2, 0.25) is 0 Å². The number of aryl methyl sites for hydroxylation is 1. The number of hydrazine groups is 1. The number of nitrogens with zero attached hydrogens (tertiary/aromatic N) is 2. The molecule has 0 saturated carbocycles. The molecule has 9 heteroatoms. The van der Waals surface area contributed by atoms with Gasteiger partial charge in [0.05, 0.1) is 4.90 Å². The fourth-order valence-electron chi connectivity index (χ4n) is 1.59. The highest BCUT2D eigenvalue weighted by atomic mass is 32.2. The zero-order chi connectivity index (χ0) is 15.5. The minimum Gasteiger partial charge on any atom is -0.393 e. The van der Waals surface area contributed by atoms with Crippen LogP contribution < -0.4 is 21.3 Å². The highest BCUT2D eigenvalue weighted by Crippen LogP contribution is 2.21. The molecule has 0 saturated heterocycles. The Kier molecular flexibility index (Phi) is 4.24. The molecular formula is C12H16N6O2S. The van der Waals surface area contributed by atoms with Gasteiger partial charge in [0.2, 0.25) is 0 Å². The van der Waals surface area contributed by atoms with Crippen LogP contribution in [0, 0.1) is 6.92 Å². The number of anilines is 3. The molecule has 0 atom stereocenters. The second-order valence-corrected chi connectivity index (χ2v) is 5.96. The zero-order valence-electron chi connectivity index (χ0n) is 11.6. The summed E-state index contributed by atoms with van der Waals surface area (Å²) in [6.07, 6.45) is 1.27. The van der Waals surface area contributed by atoms with E-state index < -0.39 is 10.0 Å². The number of sulfonamides is 1. The third-order valence-electron chi connectivity index (χ3n) is 2.76. The summed E-state index contributed by atoms with van der Waals surface area (Å²) in [7, 11) is -2.06. The molecule has 1 aromatic carbocycles. The Morgan fingerprint density at radius 3 is 2.33 bits per heavy atom. The molecule has 0 aliphatic carbocycles. The Morgan fingerprint density at radius 2 is 1.71 bits per heavy atom. The fourth-order valence-corrected chi connectivity index (χ4v) is 2.43. The number of nitrogens with one attached hydrogen (secondary N) is 3. The van der Waals surface area contributed by atoms with Gasteiger partial charge in [0.25, 0.3) is 10.0 Å². The van der Waals surface area contributed by atoms with Crippen molar-refractivity contribution in [3.63, 3.8) is 0 Å². The second kappa shape index (κ2) is 5.94. The number of benzene rings is 1. The predicted octanol–water partition coefficient (Wildman–Crippen LogP) is 0.714. The Labute approximate surface area is 122 Å². The lowest BCUT2D eigenvalue weighted by Gasteiger charge is -2.12. The molecule has 0 aliphatic rings. The Balaban J connectivity index is 2.17. The molecule has 5 N–H and O–H groups in total. The summed E-state index contributed by atoms with van der Waals surface area (Å²) >= 11 is 0. The molecule has 0 amide bonds. The van der Waals surface area contributed by atoms with Crippen molar-refractivity contribution in [2.24, 2.45) is 0 Å². The number of nitrogen functional groups attached to an aromatic ring is 1. The number of hydrogen-bond donors (Lipinski definition) is 4. The number of rotatable bonds is 5. The standard InChI is InChI=1S/C12H16N6O2S/c1-8-3-5-9(6-4-8)21(19,20)18-17-12-10(13)11(14-2)15-7-16-12/h3-7,18H,13H2,1-2H3,(H2,14,15,16,17). The van der Waals surface area contributed by atoms with Crippen molar-refractivity contribution in [2.75, 3.05) is 23.5 Å². The van der Waals surface area contributed by atoms with Gasteiger partial charge in [0.1, 0.15) is 12.0 Å². The highest BCUT2D eigenvalue weighted by molar-refractivity contribution is 7.89. The highest BCUT2D eigenvalue weighted by Gasteiger charge is 2.15. The summed E-state index contributed by atoms with van der Waals surface area (Å²) in [5.41, 5.74) is 9.47. The smallest absolute Gasteiger partial charge is 0.257 e. The first kappa shape index (κ1) is 15.0. The molecule has 0 spiro atoms. The Morgan fingerprint density at radius 1 is 1.10 bits per heavy atom. The summed E-state index contributed by atoms with van der Waals surface area (Å²) in [6.45, 7) is 1.88. The van der Waals surface area contributed by atoms with Crippen LogP contribution in [0.25, 0.3) is 0 Å².